The Labute approximate surface area is 827 Å². The van der Waals surface area contributed by atoms with Crippen LogP contribution in [0.3, 0.4) is 0 Å². The van der Waals surface area contributed by atoms with Crippen LogP contribution in [0.15, 0.2) is 334 Å². The number of ether oxygens (including phenoxy) is 18. The molecule has 744 valence electrons. The van der Waals surface area contributed by atoms with E-state index in [-0.39, 0.29) is 82.1 Å². The molecular weight excluding hydrogens is 1810 g/mol. The summed E-state index contributed by atoms with van der Waals surface area (Å²) in [4.78, 5) is 55.5. The predicted molar refractivity (Wildman–Crippen MR) is 529 cm³/mol. The number of esters is 4. The van der Waals surface area contributed by atoms with Crippen LogP contribution in [0.5, 0.6) is 0 Å². The van der Waals surface area contributed by atoms with Gasteiger partial charge in [0.1, 0.15) is 86.0 Å². The van der Waals surface area contributed by atoms with E-state index in [1.807, 2.05) is 218 Å². The van der Waals surface area contributed by atoms with Gasteiger partial charge in [0, 0.05) is 13.0 Å². The molecule has 15 rings (SSSR count). The van der Waals surface area contributed by atoms with Crippen LogP contribution in [0.2, 0.25) is 5.04 Å². The Balaban J connectivity index is 0.794. The first-order valence-electron chi connectivity index (χ1n) is 49.0. The van der Waals surface area contributed by atoms with Crippen molar-refractivity contribution >= 4 is 42.6 Å². The highest BCUT2D eigenvalue weighted by atomic mass is 28.4. The van der Waals surface area contributed by atoms with Gasteiger partial charge in [0.15, 0.2) is 37.4 Å². The Bertz CT molecular complexity index is 5430. The largest absolute Gasteiger partial charge is 0.469 e. The number of unbranched alkanes of at least 4 members (excludes halogenated alkanes) is 8. The summed E-state index contributed by atoms with van der Waals surface area (Å²) in [5.74, 6) is -2.56. The second kappa shape index (κ2) is 53.8. The number of rotatable bonds is 51. The van der Waals surface area contributed by atoms with Crippen molar-refractivity contribution < 1.29 is 119 Å². The molecule has 0 spiro atoms. The minimum atomic E-state index is -3.34. The first-order valence-corrected chi connectivity index (χ1v) is 50.9. The molecule has 2 N–H and O–H groups in total. The predicted octanol–water partition coefficient (Wildman–Crippen LogP) is 17.5. The molecule has 0 aromatic heterocycles. The third-order valence-electron chi connectivity index (χ3n) is 25.7. The highest BCUT2D eigenvalue weighted by Gasteiger charge is 2.59. The van der Waals surface area contributed by atoms with Gasteiger partial charge in [0.05, 0.1) is 83.3 Å². The topological polar surface area (TPSA) is 284 Å². The molecular formula is C115H130O25Si. The Hall–Kier alpha value is -11.2. The van der Waals surface area contributed by atoms with Crippen LogP contribution in [0.1, 0.15) is 149 Å². The zero-order valence-corrected chi connectivity index (χ0v) is 81.4. The van der Waals surface area contributed by atoms with Crippen LogP contribution >= 0.6 is 0 Å². The number of aliphatic hydroxyl groups is 2. The number of methoxy groups -OCH3 is 1. The average molecular weight is 1940 g/mol. The summed E-state index contributed by atoms with van der Waals surface area (Å²) < 4.78 is 132. The molecule has 141 heavy (non-hydrogen) atoms. The first kappa shape index (κ1) is 104. The normalized spacial score (nSPS) is 24.1. The Morgan fingerprint density at radius 3 is 0.965 bits per heavy atom. The van der Waals surface area contributed by atoms with Crippen LogP contribution in [0.25, 0.3) is 0 Å². The van der Waals surface area contributed by atoms with Gasteiger partial charge in [-0.15, -0.1) is 0 Å². The van der Waals surface area contributed by atoms with Crippen molar-refractivity contribution in [1.29, 1.82) is 0 Å². The second-order valence-corrected chi connectivity index (χ2v) is 41.1. The van der Waals surface area contributed by atoms with E-state index in [9.17, 15) is 29.4 Å². The van der Waals surface area contributed by atoms with Gasteiger partial charge < -0.3 is 99.9 Å². The molecule has 4 saturated heterocycles. The van der Waals surface area contributed by atoms with Gasteiger partial charge in [0.2, 0.25) is 0 Å². The molecule has 25 nitrogen and oxygen atoms in total. The van der Waals surface area contributed by atoms with E-state index in [2.05, 4.69) is 45.0 Å². The lowest BCUT2D eigenvalue weighted by Gasteiger charge is -2.48. The molecule has 4 aliphatic heterocycles. The van der Waals surface area contributed by atoms with Gasteiger partial charge in [-0.05, 0) is 98.0 Å². The van der Waals surface area contributed by atoms with Gasteiger partial charge in [-0.1, -0.05) is 363 Å². The van der Waals surface area contributed by atoms with Crippen molar-refractivity contribution in [1.82, 2.24) is 0 Å². The van der Waals surface area contributed by atoms with Gasteiger partial charge in [-0.2, -0.15) is 0 Å². The molecule has 0 aliphatic carbocycles. The monoisotopic (exact) mass is 1940 g/mol. The molecule has 0 radical (unpaired) electrons. The first-order chi connectivity index (χ1) is 69.0. The third-order valence-corrected chi connectivity index (χ3v) is 30.8. The summed E-state index contributed by atoms with van der Waals surface area (Å²) in [5, 5.41) is 28.5. The zero-order chi connectivity index (χ0) is 97.8. The van der Waals surface area contributed by atoms with Gasteiger partial charge in [-0.25, -0.2) is 14.4 Å². The van der Waals surface area contributed by atoms with Crippen molar-refractivity contribution in [3.63, 3.8) is 0 Å². The highest BCUT2D eigenvalue weighted by Crippen LogP contribution is 2.42. The number of hydrogen-bond acceptors (Lipinski definition) is 25. The summed E-state index contributed by atoms with van der Waals surface area (Å²) in [6.07, 6.45) is -17.6. The van der Waals surface area contributed by atoms with Crippen LogP contribution in [0, 0.1) is 0 Å². The van der Waals surface area contributed by atoms with E-state index in [0.29, 0.717) is 12.8 Å². The molecule has 26 heteroatoms. The fourth-order valence-electron chi connectivity index (χ4n) is 18.4. The minimum Gasteiger partial charge on any atom is -0.469 e. The van der Waals surface area contributed by atoms with E-state index in [1.165, 1.54) is 7.11 Å². The van der Waals surface area contributed by atoms with Crippen molar-refractivity contribution in [3.8, 4) is 0 Å². The van der Waals surface area contributed by atoms with Crippen molar-refractivity contribution in [2.24, 2.45) is 0 Å². The molecule has 0 saturated carbocycles. The summed E-state index contributed by atoms with van der Waals surface area (Å²) in [5.41, 5.74) is 5.36. The second-order valence-electron chi connectivity index (χ2n) is 36.8. The molecule has 19 atom stereocenters. The Morgan fingerprint density at radius 1 is 0.291 bits per heavy atom. The number of carbonyl (C=O) groups excluding carboxylic acids is 4. The van der Waals surface area contributed by atoms with Crippen molar-refractivity contribution in [2.45, 2.75) is 246 Å². The van der Waals surface area contributed by atoms with Crippen LogP contribution in [0.4, 0.5) is 0 Å². The smallest absolute Gasteiger partial charge is 0.338 e. The van der Waals surface area contributed by atoms with Crippen LogP contribution in [-0.2, 0) is 134 Å². The van der Waals surface area contributed by atoms with Crippen molar-refractivity contribution in [3.05, 3.63) is 384 Å². The van der Waals surface area contributed by atoms with Crippen molar-refractivity contribution in [2.75, 3.05) is 40.1 Å². The average Bonchev–Trinajstić information content (AvgIpc) is 1.27. The van der Waals surface area contributed by atoms with Gasteiger partial charge in [-0.3, -0.25) is 4.79 Å². The summed E-state index contributed by atoms with van der Waals surface area (Å²) in [7, 11) is -1.93. The number of aliphatic hydroxyl groups excluding tert-OH is 2. The number of benzene rings is 11. The quantitative estimate of drug-likeness (QED) is 0.0155. The van der Waals surface area contributed by atoms with E-state index >= 15 is 0 Å². The summed E-state index contributed by atoms with van der Waals surface area (Å²) in [6.45, 7) is 5.43. The van der Waals surface area contributed by atoms with E-state index < -0.39 is 161 Å². The third kappa shape index (κ3) is 29.3. The van der Waals surface area contributed by atoms with E-state index in [1.54, 1.807) is 91.0 Å². The number of hydrogen-bond donors (Lipinski definition) is 2. The maximum atomic E-state index is 14.9. The summed E-state index contributed by atoms with van der Waals surface area (Å²) >= 11 is 0. The molecule has 4 aliphatic rings. The maximum absolute atomic E-state index is 14.9. The van der Waals surface area contributed by atoms with E-state index in [4.69, 9.17) is 89.7 Å². The van der Waals surface area contributed by atoms with Crippen LogP contribution in [-0.4, -0.2) is 199 Å². The lowest BCUT2D eigenvalue weighted by atomic mass is 9.96. The lowest BCUT2D eigenvalue weighted by molar-refractivity contribution is -0.365. The van der Waals surface area contributed by atoms with Gasteiger partial charge in [0.25, 0.3) is 8.32 Å². The summed E-state index contributed by atoms with van der Waals surface area (Å²) in [6, 6.07) is 103. The Kier molecular flexibility index (Phi) is 39.7. The molecule has 0 bridgehead atoms. The highest BCUT2D eigenvalue weighted by molar-refractivity contribution is 6.99. The fourth-order valence-corrected chi connectivity index (χ4v) is 22.9. The minimum absolute atomic E-state index is 0.00906. The maximum Gasteiger partial charge on any atom is 0.338 e. The zero-order valence-electron chi connectivity index (χ0n) is 80.4. The molecule has 11 aromatic rings. The molecule has 4 heterocycles. The SMILES string of the molecule is COC(=O)CCCCCCCCCCCO[C@@H]1O[C@H](CO[C@@H]2O[C@H](CO[C@@H]3O[C@H](CO[Si](c4ccccc4)(c4ccccc4)C(C)(C)C)[C@H](OCc4ccccc4)[C@H](OCc4ccccc4)[C@H]3O)[C@H](OCc3ccccc3)[C@H](OCc3ccccc3)[C@H]2O)[C@H](OCc2ccccc2)[C@H](OCc2ccccc2)[C@H]1O[C@H]1O[C@@H](COC(=O)c2ccccc2)[C@H](OC(=O)c2ccccc2)[C@H]1OC(=O)c1ccccc1. The molecule has 0 amide bonds. The molecule has 4 fully saturated rings. The van der Waals surface area contributed by atoms with Crippen LogP contribution < -0.4 is 10.4 Å². The lowest BCUT2D eigenvalue weighted by Crippen LogP contribution is -2.68. The standard InChI is InChI=1S/C115H130O25Si/c1-115(2,3)141(90-65-41-21-42-66-90,91-67-43-22-44-68-91)133-80-95-100(125-72-82-49-25-13-26-50-82)104(128-75-85-55-31-16-32-56-85)98(118)112(135-95)131-78-92-99(124-71-81-47-23-12-24-48-81)103(127-74-84-53-29-15-30-54-84)97(117)111(134-92)132-79-93-101(126-73-83-51-27-14-28-52-83)105(129-76-86-57-33-17-34-58-86)107(113(136-93)123-70-46-11-9-7-5-6-8-10-45-69-96(116)122-4)140-114-106(139-110(121)89-63-39-20-40-64-89)102(138-109(120)88-61-37-19-38-62-88)94(137-114)77-130-108(119)87-59-35-18-36-60-87/h12-44,47-68,92-95,97-107,111-114,117-118H,5-11,45-46,69-80H2,1-4H3/t92-,93-,94+,95-,97-,98-,99+,100+,101+,102+,103-,104-,105+,106-,107-,111-,112-,113-,114-/m1/s1. The molecule has 0 unspecified atom stereocenters. The molecule has 11 aromatic carbocycles. The Morgan fingerprint density at radius 2 is 0.589 bits per heavy atom. The van der Waals surface area contributed by atoms with Gasteiger partial charge >= 0.3 is 23.9 Å². The van der Waals surface area contributed by atoms with E-state index in [0.717, 1.165) is 95.1 Å². The number of carbonyl (C=O) groups is 4. The fraction of sp³-hybridized carbons (Fsp3) is 0.391.